The molecule has 1 amide bonds. The van der Waals surface area contributed by atoms with E-state index in [1.165, 1.54) is 22.2 Å². The number of carbonyl (C=O) groups excluding carboxylic acids is 1. The number of benzene rings is 2. The Hall–Kier alpha value is -3.25. The zero-order chi connectivity index (χ0) is 20.5. The molecular formula is C23H21N3O2S. The Morgan fingerprint density at radius 1 is 1.07 bits per heavy atom. The lowest BCUT2D eigenvalue weighted by Gasteiger charge is -2.15. The first-order valence-corrected chi connectivity index (χ1v) is 10.2. The number of hydrogen-bond acceptors (Lipinski definition) is 4. The molecule has 146 valence electrons. The summed E-state index contributed by atoms with van der Waals surface area (Å²) >= 11 is 1.50. The number of aryl methyl sites for hydroxylation is 2. The van der Waals surface area contributed by atoms with Gasteiger partial charge in [0.1, 0.15) is 10.9 Å². The third-order valence-corrected chi connectivity index (χ3v) is 6.00. The van der Waals surface area contributed by atoms with Crippen LogP contribution in [0.1, 0.15) is 23.4 Å². The van der Waals surface area contributed by atoms with E-state index in [9.17, 15) is 9.59 Å². The van der Waals surface area contributed by atoms with Gasteiger partial charge in [-0.05, 0) is 38.5 Å². The molecule has 4 aromatic rings. The topological polar surface area (TPSA) is 64.0 Å². The summed E-state index contributed by atoms with van der Waals surface area (Å²) in [6.45, 7) is 5.69. The summed E-state index contributed by atoms with van der Waals surface area (Å²) in [6, 6.07) is 16.7. The van der Waals surface area contributed by atoms with Crippen LogP contribution in [0.2, 0.25) is 0 Å². The van der Waals surface area contributed by atoms with Crippen LogP contribution in [-0.2, 0) is 4.79 Å². The Balaban J connectivity index is 1.74. The summed E-state index contributed by atoms with van der Waals surface area (Å²) in [4.78, 5) is 32.3. The monoisotopic (exact) mass is 403 g/mol. The van der Waals surface area contributed by atoms with Gasteiger partial charge in [0.15, 0.2) is 0 Å². The molecule has 0 aliphatic rings. The number of nitrogens with one attached hydrogen (secondary N) is 1. The number of carbonyl (C=O) groups is 1. The molecule has 2 aromatic carbocycles. The fourth-order valence-corrected chi connectivity index (χ4v) is 4.36. The molecule has 5 nitrogen and oxygen atoms in total. The summed E-state index contributed by atoms with van der Waals surface area (Å²) in [6.07, 6.45) is 1.47. The third kappa shape index (κ3) is 3.59. The minimum Gasteiger partial charge on any atom is -0.324 e. The van der Waals surface area contributed by atoms with Crippen molar-refractivity contribution in [2.45, 2.75) is 26.8 Å². The molecule has 1 unspecified atom stereocenters. The van der Waals surface area contributed by atoms with Crippen LogP contribution in [0.5, 0.6) is 0 Å². The number of fused-ring (bicyclic) bond motifs is 1. The van der Waals surface area contributed by atoms with Gasteiger partial charge < -0.3 is 5.32 Å². The average Bonchev–Trinajstić information content (AvgIpc) is 3.07. The molecule has 0 radical (unpaired) electrons. The van der Waals surface area contributed by atoms with E-state index in [-0.39, 0.29) is 11.5 Å². The molecule has 0 aliphatic carbocycles. The van der Waals surface area contributed by atoms with Gasteiger partial charge >= 0.3 is 0 Å². The molecule has 1 N–H and O–H groups in total. The van der Waals surface area contributed by atoms with Gasteiger partial charge in [0.2, 0.25) is 5.91 Å². The molecule has 0 spiro atoms. The highest BCUT2D eigenvalue weighted by atomic mass is 32.1. The van der Waals surface area contributed by atoms with Gasteiger partial charge in [-0.3, -0.25) is 14.2 Å². The summed E-state index contributed by atoms with van der Waals surface area (Å²) in [5.41, 5.74) is 3.48. The maximum absolute atomic E-state index is 13.3. The molecule has 0 saturated carbocycles. The Labute approximate surface area is 172 Å². The second-order valence-electron chi connectivity index (χ2n) is 7.07. The standard InChI is InChI=1S/C23H21N3O2S/c1-14-9-11-18(12-10-14)25-21(27)15(2)26-13-24-22-20(23(26)28)19(16(3)29-22)17-7-5-4-6-8-17/h4-13,15H,1-3H3,(H,25,27). The van der Waals surface area contributed by atoms with Gasteiger partial charge in [0.25, 0.3) is 5.56 Å². The van der Waals surface area contributed by atoms with E-state index in [0.29, 0.717) is 15.9 Å². The first kappa shape index (κ1) is 19.1. The molecule has 29 heavy (non-hydrogen) atoms. The van der Waals surface area contributed by atoms with Gasteiger partial charge in [-0.2, -0.15) is 0 Å². The maximum Gasteiger partial charge on any atom is 0.263 e. The maximum atomic E-state index is 13.3. The Kier molecular flexibility index (Phi) is 5.03. The van der Waals surface area contributed by atoms with Gasteiger partial charge in [0.05, 0.1) is 11.7 Å². The Bertz CT molecular complexity index is 1240. The number of hydrogen-bond donors (Lipinski definition) is 1. The lowest BCUT2D eigenvalue weighted by Crippen LogP contribution is -2.31. The van der Waals surface area contributed by atoms with Crippen molar-refractivity contribution in [3.05, 3.63) is 81.7 Å². The molecule has 2 heterocycles. The summed E-state index contributed by atoms with van der Waals surface area (Å²) in [5.74, 6) is -0.259. The van der Waals surface area contributed by atoms with E-state index >= 15 is 0 Å². The van der Waals surface area contributed by atoms with Crippen molar-refractivity contribution < 1.29 is 4.79 Å². The van der Waals surface area contributed by atoms with Crippen LogP contribution in [0.15, 0.2) is 65.7 Å². The smallest absolute Gasteiger partial charge is 0.263 e. The first-order chi connectivity index (χ1) is 14.0. The van der Waals surface area contributed by atoms with E-state index in [0.717, 1.165) is 21.6 Å². The van der Waals surface area contributed by atoms with Crippen LogP contribution in [0.4, 0.5) is 5.69 Å². The summed E-state index contributed by atoms with van der Waals surface area (Å²) < 4.78 is 1.41. The number of amides is 1. The second kappa shape index (κ2) is 7.64. The van der Waals surface area contributed by atoms with E-state index in [1.807, 2.05) is 68.4 Å². The van der Waals surface area contributed by atoms with E-state index in [1.54, 1.807) is 6.92 Å². The van der Waals surface area contributed by atoms with Crippen molar-refractivity contribution in [2.24, 2.45) is 0 Å². The number of nitrogens with zero attached hydrogens (tertiary/aromatic N) is 2. The molecule has 6 heteroatoms. The van der Waals surface area contributed by atoms with Crippen LogP contribution in [0.25, 0.3) is 21.3 Å². The lowest BCUT2D eigenvalue weighted by atomic mass is 10.0. The summed E-state index contributed by atoms with van der Waals surface area (Å²) in [5, 5.41) is 3.44. The number of anilines is 1. The van der Waals surface area contributed by atoms with Crippen molar-refractivity contribution in [3.63, 3.8) is 0 Å². The zero-order valence-corrected chi connectivity index (χ0v) is 17.3. The number of rotatable bonds is 4. The molecule has 2 aromatic heterocycles. The van der Waals surface area contributed by atoms with Crippen molar-refractivity contribution >= 4 is 33.1 Å². The highest BCUT2D eigenvalue weighted by molar-refractivity contribution is 7.19. The second-order valence-corrected chi connectivity index (χ2v) is 8.27. The third-order valence-electron chi connectivity index (χ3n) is 4.99. The van der Waals surface area contributed by atoms with Crippen LogP contribution in [-0.4, -0.2) is 15.5 Å². The minimum atomic E-state index is -0.690. The van der Waals surface area contributed by atoms with E-state index in [2.05, 4.69) is 10.3 Å². The largest absolute Gasteiger partial charge is 0.324 e. The van der Waals surface area contributed by atoms with E-state index in [4.69, 9.17) is 0 Å². The van der Waals surface area contributed by atoms with Gasteiger partial charge in [-0.15, -0.1) is 11.3 Å². The quantitative estimate of drug-likeness (QED) is 0.525. The van der Waals surface area contributed by atoms with E-state index < -0.39 is 6.04 Å². The lowest BCUT2D eigenvalue weighted by molar-refractivity contribution is -0.118. The van der Waals surface area contributed by atoms with Crippen molar-refractivity contribution in [1.82, 2.24) is 9.55 Å². The van der Waals surface area contributed by atoms with Crippen LogP contribution in [0.3, 0.4) is 0 Å². The molecule has 0 aliphatic heterocycles. The normalized spacial score (nSPS) is 12.1. The predicted octanol–water partition coefficient (Wildman–Crippen LogP) is 4.94. The molecule has 0 saturated heterocycles. The number of thiophene rings is 1. The van der Waals surface area contributed by atoms with Crippen LogP contribution < -0.4 is 10.9 Å². The highest BCUT2D eigenvalue weighted by Crippen LogP contribution is 2.35. The zero-order valence-electron chi connectivity index (χ0n) is 16.5. The van der Waals surface area contributed by atoms with Crippen LogP contribution in [0, 0.1) is 13.8 Å². The fraction of sp³-hybridized carbons (Fsp3) is 0.174. The fourth-order valence-electron chi connectivity index (χ4n) is 3.35. The van der Waals surface area contributed by atoms with Gasteiger partial charge in [-0.25, -0.2) is 4.98 Å². The molecule has 0 fully saturated rings. The van der Waals surface area contributed by atoms with Crippen LogP contribution >= 0.6 is 11.3 Å². The molecular weight excluding hydrogens is 382 g/mol. The molecule has 1 atom stereocenters. The van der Waals surface area contributed by atoms with Crippen molar-refractivity contribution in [2.75, 3.05) is 5.32 Å². The molecule has 4 rings (SSSR count). The summed E-state index contributed by atoms with van der Waals surface area (Å²) in [7, 11) is 0. The first-order valence-electron chi connectivity index (χ1n) is 9.39. The van der Waals surface area contributed by atoms with Crippen molar-refractivity contribution in [3.8, 4) is 11.1 Å². The SMILES string of the molecule is Cc1ccc(NC(=O)C(C)n2cnc3sc(C)c(-c4ccccc4)c3c2=O)cc1. The average molecular weight is 404 g/mol. The van der Waals surface area contributed by atoms with Gasteiger partial charge in [0, 0.05) is 16.1 Å². The predicted molar refractivity (Wildman–Crippen MR) is 119 cm³/mol. The Morgan fingerprint density at radius 2 is 1.76 bits per heavy atom. The highest BCUT2D eigenvalue weighted by Gasteiger charge is 2.21. The minimum absolute atomic E-state index is 0.204. The number of aromatic nitrogens is 2. The van der Waals surface area contributed by atoms with Crippen molar-refractivity contribution in [1.29, 1.82) is 0 Å². The Morgan fingerprint density at radius 3 is 2.45 bits per heavy atom. The van der Waals surface area contributed by atoms with Gasteiger partial charge in [-0.1, -0.05) is 48.0 Å². The molecule has 0 bridgehead atoms.